The molecule has 27 heavy (non-hydrogen) atoms. The highest BCUT2D eigenvalue weighted by Gasteiger charge is 2.35. The molecule has 1 fully saturated rings. The van der Waals surface area contributed by atoms with Crippen molar-refractivity contribution in [2.75, 3.05) is 31.6 Å². The largest absolute Gasteiger partial charge is 0.481 e. The van der Waals surface area contributed by atoms with Crippen molar-refractivity contribution in [2.45, 2.75) is 19.1 Å². The predicted octanol–water partition coefficient (Wildman–Crippen LogP) is 0.355. The Balaban J connectivity index is 2.03. The van der Waals surface area contributed by atoms with E-state index in [1.807, 2.05) is 6.07 Å². The second-order valence-electron chi connectivity index (χ2n) is 6.24. The van der Waals surface area contributed by atoms with E-state index in [1.165, 1.54) is 11.9 Å². The van der Waals surface area contributed by atoms with Crippen LogP contribution in [0.5, 0.6) is 0 Å². The Bertz CT molecular complexity index is 781. The maximum atomic E-state index is 12.7. The lowest BCUT2D eigenvalue weighted by Gasteiger charge is -2.33. The molecular weight excluding hydrogens is 376 g/mol. The Hall–Kier alpha value is -2.62. The second kappa shape index (κ2) is 8.85. The average molecular weight is 398 g/mol. The van der Waals surface area contributed by atoms with Crippen LogP contribution in [0.4, 0.5) is 4.79 Å². The number of carboxylic acid groups (broad SMARTS) is 1. The van der Waals surface area contributed by atoms with Gasteiger partial charge in [-0.05, 0) is 5.56 Å². The first kappa shape index (κ1) is 20.7. The third kappa shape index (κ3) is 5.95. The molecule has 0 aliphatic carbocycles. The van der Waals surface area contributed by atoms with E-state index < -0.39 is 40.3 Å². The van der Waals surface area contributed by atoms with Crippen molar-refractivity contribution in [2.24, 2.45) is 0 Å². The van der Waals surface area contributed by atoms with Gasteiger partial charge in [-0.25, -0.2) is 13.2 Å². The van der Waals surface area contributed by atoms with Gasteiger partial charge in [-0.15, -0.1) is 0 Å². The lowest BCUT2D eigenvalue weighted by molar-refractivity contribution is -0.144. The van der Waals surface area contributed by atoms with Crippen molar-refractivity contribution >= 4 is 27.8 Å². The van der Waals surface area contributed by atoms with E-state index in [-0.39, 0.29) is 31.2 Å². The number of sulfone groups is 1. The third-order valence-electron chi connectivity index (χ3n) is 4.27. The first-order valence-corrected chi connectivity index (χ1v) is 10.2. The molecule has 1 heterocycles. The number of likely N-dealkylation sites (N-methyl/N-ethyl adjacent to an activating group) is 1. The molecule has 10 heteroatoms. The highest BCUT2D eigenvalue weighted by Crippen LogP contribution is 2.13. The van der Waals surface area contributed by atoms with Gasteiger partial charge in [0.2, 0.25) is 5.91 Å². The van der Waals surface area contributed by atoms with Crippen LogP contribution < -0.4 is 0 Å². The summed E-state index contributed by atoms with van der Waals surface area (Å²) in [7, 11) is -1.90. The van der Waals surface area contributed by atoms with Gasteiger partial charge < -0.3 is 14.7 Å². The number of ether oxygens (including phenoxy) is 1. The number of rotatable bonds is 6. The number of hydrogen-bond acceptors (Lipinski definition) is 6. The van der Waals surface area contributed by atoms with Crippen LogP contribution in [0.3, 0.4) is 0 Å². The van der Waals surface area contributed by atoms with Crippen LogP contribution in [0.1, 0.15) is 12.0 Å². The van der Waals surface area contributed by atoms with Crippen LogP contribution in [0.15, 0.2) is 30.3 Å². The summed E-state index contributed by atoms with van der Waals surface area (Å²) in [5.41, 5.74) is 0.751. The van der Waals surface area contributed by atoms with Crippen molar-refractivity contribution in [3.63, 3.8) is 0 Å². The Morgan fingerprint density at radius 3 is 2.33 bits per heavy atom. The minimum Gasteiger partial charge on any atom is -0.481 e. The minimum absolute atomic E-state index is 0.0139. The maximum absolute atomic E-state index is 12.7. The van der Waals surface area contributed by atoms with Crippen LogP contribution in [0, 0.1) is 0 Å². The van der Waals surface area contributed by atoms with Crippen LogP contribution in [0.25, 0.3) is 0 Å². The third-order valence-corrected chi connectivity index (χ3v) is 5.88. The van der Waals surface area contributed by atoms with Gasteiger partial charge in [-0.3, -0.25) is 14.5 Å². The molecule has 2 rings (SSSR count). The van der Waals surface area contributed by atoms with E-state index in [1.54, 1.807) is 24.3 Å². The summed E-state index contributed by atoms with van der Waals surface area (Å²) >= 11 is 0. The molecule has 1 aromatic carbocycles. The Morgan fingerprint density at radius 2 is 1.78 bits per heavy atom. The number of hydrogen-bond donors (Lipinski definition) is 1. The van der Waals surface area contributed by atoms with E-state index in [2.05, 4.69) is 0 Å². The predicted molar refractivity (Wildman–Crippen MR) is 95.7 cm³/mol. The zero-order valence-corrected chi connectivity index (χ0v) is 15.7. The quantitative estimate of drug-likeness (QED) is 0.734. The van der Waals surface area contributed by atoms with Crippen LogP contribution >= 0.6 is 0 Å². The van der Waals surface area contributed by atoms with Gasteiger partial charge in [0.1, 0.15) is 12.6 Å². The number of carbonyl (C=O) groups is 3. The molecule has 2 amide bonds. The highest BCUT2D eigenvalue weighted by atomic mass is 32.2. The summed E-state index contributed by atoms with van der Waals surface area (Å²) in [6.45, 7) is -0.0612. The molecule has 0 aromatic heterocycles. The fraction of sp³-hybridized carbons (Fsp3) is 0.471. The molecular formula is C17H22N2O7S. The molecule has 1 aliphatic rings. The normalized spacial score (nSPS) is 17.0. The number of nitrogens with zero attached hydrogens (tertiary/aromatic N) is 2. The van der Waals surface area contributed by atoms with Crippen molar-refractivity contribution in [1.29, 1.82) is 0 Å². The second-order valence-corrected chi connectivity index (χ2v) is 8.55. The van der Waals surface area contributed by atoms with Gasteiger partial charge in [0.05, 0.1) is 17.9 Å². The summed E-state index contributed by atoms with van der Waals surface area (Å²) < 4.78 is 28.2. The summed E-state index contributed by atoms with van der Waals surface area (Å²) in [5, 5.41) is 9.11. The zero-order valence-electron chi connectivity index (χ0n) is 14.9. The van der Waals surface area contributed by atoms with E-state index in [9.17, 15) is 22.8 Å². The van der Waals surface area contributed by atoms with E-state index in [0.717, 1.165) is 10.5 Å². The number of amides is 2. The first-order chi connectivity index (χ1) is 12.7. The molecule has 0 spiro atoms. The number of carboxylic acids is 1. The van der Waals surface area contributed by atoms with Gasteiger partial charge in [-0.2, -0.15) is 0 Å². The molecule has 0 saturated carbocycles. The molecule has 0 bridgehead atoms. The maximum Gasteiger partial charge on any atom is 0.410 e. The fourth-order valence-corrected chi connectivity index (χ4v) is 3.85. The molecule has 9 nitrogen and oxygen atoms in total. The van der Waals surface area contributed by atoms with Gasteiger partial charge in [0.15, 0.2) is 9.84 Å². The van der Waals surface area contributed by atoms with Crippen molar-refractivity contribution in [3.05, 3.63) is 35.9 Å². The molecule has 1 N–H and O–H groups in total. The Kier molecular flexibility index (Phi) is 6.78. The molecule has 148 valence electrons. The van der Waals surface area contributed by atoms with Crippen LogP contribution in [0.2, 0.25) is 0 Å². The van der Waals surface area contributed by atoms with Crippen molar-refractivity contribution in [3.8, 4) is 0 Å². The van der Waals surface area contributed by atoms with E-state index in [0.29, 0.717) is 0 Å². The van der Waals surface area contributed by atoms with E-state index >= 15 is 0 Å². The SMILES string of the molecule is CN(C(=O)OCc1ccccc1)C(CC(=O)O)C(=O)N1CCS(=O)(=O)CC1. The number of aliphatic carboxylic acids is 1. The number of carbonyl (C=O) groups excluding carboxylic acids is 2. The van der Waals surface area contributed by atoms with E-state index in [4.69, 9.17) is 9.84 Å². The lowest BCUT2D eigenvalue weighted by Crippen LogP contribution is -2.54. The molecule has 1 unspecified atom stereocenters. The average Bonchev–Trinajstić information content (AvgIpc) is 2.63. The van der Waals surface area contributed by atoms with Gasteiger partial charge >= 0.3 is 12.1 Å². The Labute approximate surface area is 157 Å². The topological polar surface area (TPSA) is 121 Å². The van der Waals surface area contributed by atoms with Crippen molar-refractivity contribution in [1.82, 2.24) is 9.80 Å². The van der Waals surface area contributed by atoms with Crippen molar-refractivity contribution < 1.29 is 32.6 Å². The standard InChI is InChI=1S/C17H22N2O7S/c1-18(17(23)26-12-13-5-3-2-4-6-13)14(11-15(20)21)16(22)19-7-9-27(24,25)10-8-19/h2-6,14H,7-12H2,1H3,(H,20,21). The van der Waals surface area contributed by atoms with Crippen LogP contribution in [-0.2, 0) is 30.8 Å². The zero-order chi connectivity index (χ0) is 20.0. The minimum atomic E-state index is -3.19. The number of benzene rings is 1. The van der Waals surface area contributed by atoms with Gasteiger partial charge in [0.25, 0.3) is 0 Å². The first-order valence-electron chi connectivity index (χ1n) is 8.34. The highest BCUT2D eigenvalue weighted by molar-refractivity contribution is 7.91. The van der Waals surface area contributed by atoms with Crippen LogP contribution in [-0.4, -0.2) is 79.0 Å². The molecule has 1 saturated heterocycles. The smallest absolute Gasteiger partial charge is 0.410 e. The van der Waals surface area contributed by atoms with Gasteiger partial charge in [-0.1, -0.05) is 30.3 Å². The summed E-state index contributed by atoms with van der Waals surface area (Å²) in [6, 6.07) is 7.65. The van der Waals surface area contributed by atoms with Gasteiger partial charge in [0, 0.05) is 20.1 Å². The lowest BCUT2D eigenvalue weighted by atomic mass is 10.1. The summed E-state index contributed by atoms with van der Waals surface area (Å²) in [5.74, 6) is -2.21. The molecule has 1 atom stereocenters. The molecule has 1 aliphatic heterocycles. The molecule has 0 radical (unpaired) electrons. The summed E-state index contributed by atoms with van der Waals surface area (Å²) in [6.07, 6.45) is -1.43. The fourth-order valence-electron chi connectivity index (χ4n) is 2.65. The molecule has 1 aromatic rings. The monoisotopic (exact) mass is 398 g/mol. The Morgan fingerprint density at radius 1 is 1.19 bits per heavy atom. The summed E-state index contributed by atoms with van der Waals surface area (Å²) in [4.78, 5) is 38.3.